The van der Waals surface area contributed by atoms with Gasteiger partial charge < -0.3 is 5.32 Å². The van der Waals surface area contributed by atoms with Gasteiger partial charge in [0, 0.05) is 24.9 Å². The molecule has 25 heavy (non-hydrogen) atoms. The molecule has 0 unspecified atom stereocenters. The lowest BCUT2D eigenvalue weighted by Gasteiger charge is -2.11. The lowest BCUT2D eigenvalue weighted by atomic mass is 10.2. The molecule has 0 aliphatic rings. The molecule has 7 heteroatoms. The van der Waals surface area contributed by atoms with Gasteiger partial charge >= 0.3 is 0 Å². The Morgan fingerprint density at radius 2 is 2.00 bits per heavy atom. The second-order valence-corrected chi connectivity index (χ2v) is 6.38. The Morgan fingerprint density at radius 1 is 1.20 bits per heavy atom. The summed E-state index contributed by atoms with van der Waals surface area (Å²) in [6.07, 6.45) is 1.94. The fourth-order valence-electron chi connectivity index (χ4n) is 2.41. The number of amides is 1. The Bertz CT molecular complexity index is 941. The zero-order valence-electron chi connectivity index (χ0n) is 13.8. The number of hydrogen-bond acceptors (Lipinski definition) is 5. The third kappa shape index (κ3) is 4.06. The van der Waals surface area contributed by atoms with Gasteiger partial charge in [-0.1, -0.05) is 30.0 Å². The first kappa shape index (κ1) is 17.2. The average molecular weight is 354 g/mol. The van der Waals surface area contributed by atoms with Crippen molar-refractivity contribution in [3.63, 3.8) is 0 Å². The van der Waals surface area contributed by atoms with Crippen LogP contribution < -0.4 is 10.9 Å². The summed E-state index contributed by atoms with van der Waals surface area (Å²) >= 11 is 1.41. The van der Waals surface area contributed by atoms with Crippen LogP contribution >= 0.6 is 11.8 Å². The fraction of sp³-hybridized carbons (Fsp3) is 0.222. The minimum Gasteiger partial charge on any atom is -0.311 e. The van der Waals surface area contributed by atoms with E-state index in [9.17, 15) is 9.59 Å². The van der Waals surface area contributed by atoms with Crippen molar-refractivity contribution >= 4 is 34.4 Å². The first-order valence-corrected chi connectivity index (χ1v) is 9.01. The summed E-state index contributed by atoms with van der Waals surface area (Å²) in [5, 5.41) is 3.99. The van der Waals surface area contributed by atoms with Gasteiger partial charge in [-0.05, 0) is 31.2 Å². The predicted molar refractivity (Wildman–Crippen MR) is 99.9 cm³/mol. The SMILES string of the molecule is CCn1c(SCCC(=O)Nc2ccccn2)nc2ccccc2c1=O. The molecule has 3 rings (SSSR count). The van der Waals surface area contributed by atoms with Crippen molar-refractivity contribution in [3.05, 3.63) is 59.0 Å². The molecule has 0 bridgehead atoms. The van der Waals surface area contributed by atoms with E-state index >= 15 is 0 Å². The Kier molecular flexibility index (Phi) is 5.45. The maximum absolute atomic E-state index is 12.5. The summed E-state index contributed by atoms with van der Waals surface area (Å²) in [5.74, 6) is 0.952. The van der Waals surface area contributed by atoms with E-state index in [4.69, 9.17) is 0 Å². The highest BCUT2D eigenvalue weighted by Crippen LogP contribution is 2.18. The molecular formula is C18H18N4O2S. The number of nitrogens with zero attached hydrogens (tertiary/aromatic N) is 3. The number of fused-ring (bicyclic) bond motifs is 1. The van der Waals surface area contributed by atoms with Crippen LogP contribution in [0.5, 0.6) is 0 Å². The number of benzene rings is 1. The molecular weight excluding hydrogens is 336 g/mol. The average Bonchev–Trinajstić information content (AvgIpc) is 2.63. The second-order valence-electron chi connectivity index (χ2n) is 5.32. The van der Waals surface area contributed by atoms with Crippen LogP contribution in [0.25, 0.3) is 10.9 Å². The minimum absolute atomic E-state index is 0.0477. The molecule has 1 amide bonds. The summed E-state index contributed by atoms with van der Waals surface area (Å²) in [5.41, 5.74) is 0.631. The molecule has 0 aliphatic heterocycles. The normalized spacial score (nSPS) is 10.8. The van der Waals surface area contributed by atoms with Gasteiger partial charge in [-0.15, -0.1) is 0 Å². The molecule has 0 saturated heterocycles. The summed E-state index contributed by atoms with van der Waals surface area (Å²) < 4.78 is 1.64. The van der Waals surface area contributed by atoms with E-state index < -0.39 is 0 Å². The third-order valence-electron chi connectivity index (χ3n) is 3.64. The Morgan fingerprint density at radius 3 is 2.76 bits per heavy atom. The van der Waals surface area contributed by atoms with Crippen LogP contribution in [-0.2, 0) is 11.3 Å². The van der Waals surface area contributed by atoms with E-state index in [1.807, 2.05) is 31.2 Å². The molecule has 0 atom stereocenters. The summed E-state index contributed by atoms with van der Waals surface area (Å²) in [6, 6.07) is 12.7. The molecule has 6 nitrogen and oxygen atoms in total. The van der Waals surface area contributed by atoms with E-state index in [2.05, 4.69) is 15.3 Å². The first-order valence-electron chi connectivity index (χ1n) is 8.02. The molecule has 0 fully saturated rings. The monoisotopic (exact) mass is 354 g/mol. The Balaban J connectivity index is 1.68. The van der Waals surface area contributed by atoms with Crippen molar-refractivity contribution in [2.75, 3.05) is 11.1 Å². The highest BCUT2D eigenvalue weighted by molar-refractivity contribution is 7.99. The molecule has 128 valence electrons. The number of thioether (sulfide) groups is 1. The van der Waals surface area contributed by atoms with Crippen molar-refractivity contribution in [1.29, 1.82) is 0 Å². The zero-order valence-corrected chi connectivity index (χ0v) is 14.6. The number of anilines is 1. The second kappa shape index (κ2) is 7.94. The van der Waals surface area contributed by atoms with Crippen LogP contribution in [0.15, 0.2) is 58.6 Å². The fourth-order valence-corrected chi connectivity index (χ4v) is 3.41. The lowest BCUT2D eigenvalue weighted by molar-refractivity contribution is -0.115. The molecule has 1 aromatic carbocycles. The number of carbonyl (C=O) groups is 1. The van der Waals surface area contributed by atoms with Gasteiger partial charge in [-0.3, -0.25) is 14.2 Å². The van der Waals surface area contributed by atoms with E-state index in [1.54, 1.807) is 29.0 Å². The molecule has 0 spiro atoms. The number of hydrogen-bond donors (Lipinski definition) is 1. The van der Waals surface area contributed by atoms with Gasteiger partial charge in [-0.2, -0.15) is 0 Å². The quantitative estimate of drug-likeness (QED) is 0.544. The van der Waals surface area contributed by atoms with Gasteiger partial charge in [0.25, 0.3) is 5.56 Å². The van der Waals surface area contributed by atoms with Gasteiger partial charge in [0.1, 0.15) is 5.82 Å². The van der Waals surface area contributed by atoms with Crippen LogP contribution in [-0.4, -0.2) is 26.2 Å². The Hall–Kier alpha value is -2.67. The number of pyridine rings is 1. The summed E-state index contributed by atoms with van der Waals surface area (Å²) in [4.78, 5) is 33.2. The van der Waals surface area contributed by atoms with Crippen molar-refractivity contribution < 1.29 is 4.79 Å². The van der Waals surface area contributed by atoms with E-state index in [0.29, 0.717) is 40.6 Å². The lowest BCUT2D eigenvalue weighted by Crippen LogP contribution is -2.22. The maximum Gasteiger partial charge on any atom is 0.262 e. The number of nitrogens with one attached hydrogen (secondary N) is 1. The van der Waals surface area contributed by atoms with E-state index in [-0.39, 0.29) is 11.5 Å². The number of carbonyl (C=O) groups excluding carboxylic acids is 1. The van der Waals surface area contributed by atoms with E-state index in [0.717, 1.165) is 0 Å². The van der Waals surface area contributed by atoms with Crippen LogP contribution in [0.3, 0.4) is 0 Å². The first-order chi connectivity index (χ1) is 12.2. The topological polar surface area (TPSA) is 76.9 Å². The maximum atomic E-state index is 12.5. The van der Waals surface area contributed by atoms with Crippen molar-refractivity contribution in [1.82, 2.24) is 14.5 Å². The van der Waals surface area contributed by atoms with Gasteiger partial charge in [0.15, 0.2) is 5.16 Å². The van der Waals surface area contributed by atoms with Crippen LogP contribution in [0.4, 0.5) is 5.82 Å². The number of rotatable bonds is 6. The van der Waals surface area contributed by atoms with Crippen LogP contribution in [0.2, 0.25) is 0 Å². The molecule has 0 aliphatic carbocycles. The molecule has 2 heterocycles. The smallest absolute Gasteiger partial charge is 0.262 e. The largest absolute Gasteiger partial charge is 0.311 e. The van der Waals surface area contributed by atoms with Crippen molar-refractivity contribution in [2.24, 2.45) is 0 Å². The molecule has 1 N–H and O–H groups in total. The third-order valence-corrected chi connectivity index (χ3v) is 4.61. The Labute approximate surface area is 149 Å². The molecule has 0 radical (unpaired) electrons. The van der Waals surface area contributed by atoms with Crippen LogP contribution in [0, 0.1) is 0 Å². The zero-order chi connectivity index (χ0) is 17.6. The standard InChI is InChI=1S/C18H18N4O2S/c1-2-22-17(24)13-7-3-4-8-14(13)20-18(22)25-12-10-16(23)21-15-9-5-6-11-19-15/h3-9,11H,2,10,12H2,1H3,(H,19,21,23). The predicted octanol–water partition coefficient (Wildman–Crippen LogP) is 2.93. The number of para-hydroxylation sites is 1. The number of aromatic nitrogens is 3. The van der Waals surface area contributed by atoms with Crippen molar-refractivity contribution in [2.45, 2.75) is 25.0 Å². The van der Waals surface area contributed by atoms with Crippen LogP contribution in [0.1, 0.15) is 13.3 Å². The molecule has 0 saturated carbocycles. The van der Waals surface area contributed by atoms with Gasteiger partial charge in [0.2, 0.25) is 5.91 Å². The summed E-state index contributed by atoms with van der Waals surface area (Å²) in [6.45, 7) is 2.45. The van der Waals surface area contributed by atoms with Gasteiger partial charge in [-0.25, -0.2) is 9.97 Å². The highest BCUT2D eigenvalue weighted by atomic mass is 32.2. The molecule has 2 aromatic heterocycles. The van der Waals surface area contributed by atoms with Gasteiger partial charge in [0.05, 0.1) is 10.9 Å². The highest BCUT2D eigenvalue weighted by Gasteiger charge is 2.11. The van der Waals surface area contributed by atoms with Crippen molar-refractivity contribution in [3.8, 4) is 0 Å². The molecule has 3 aromatic rings. The summed E-state index contributed by atoms with van der Waals surface area (Å²) in [7, 11) is 0. The minimum atomic E-state index is -0.114. The van der Waals surface area contributed by atoms with E-state index in [1.165, 1.54) is 11.8 Å².